The fourth-order valence-corrected chi connectivity index (χ4v) is 1.16. The normalized spacial score (nSPS) is 9.77. The quantitative estimate of drug-likeness (QED) is 0.421. The lowest BCUT2D eigenvalue weighted by molar-refractivity contribution is -0.0631. The van der Waals surface area contributed by atoms with E-state index in [-0.39, 0.29) is 5.75 Å². The summed E-state index contributed by atoms with van der Waals surface area (Å²) < 4.78 is 0. The third-order valence-corrected chi connectivity index (χ3v) is 1.82. The number of aromatic hydroxyl groups is 1. The van der Waals surface area contributed by atoms with Gasteiger partial charge >= 0.3 is 0 Å². The van der Waals surface area contributed by atoms with Crippen LogP contribution in [0, 0.1) is 0 Å². The van der Waals surface area contributed by atoms with E-state index in [9.17, 15) is 5.11 Å². The highest BCUT2D eigenvalue weighted by Gasteiger charge is 2.07. The van der Waals surface area contributed by atoms with Gasteiger partial charge in [-0.05, 0) is 17.5 Å². The van der Waals surface area contributed by atoms with Gasteiger partial charge < -0.3 is 5.11 Å². The van der Waals surface area contributed by atoms with Crippen LogP contribution in [0.15, 0.2) is 23.3 Å². The van der Waals surface area contributed by atoms with Crippen molar-refractivity contribution in [3.8, 4) is 5.75 Å². The summed E-state index contributed by atoms with van der Waals surface area (Å²) in [7, 11) is 0. The van der Waals surface area contributed by atoms with Crippen LogP contribution in [0.4, 0.5) is 5.69 Å². The van der Waals surface area contributed by atoms with Crippen LogP contribution in [-0.2, 0) is 0 Å². The lowest BCUT2D eigenvalue weighted by atomic mass is 10.0. The molecule has 1 rings (SSSR count). The van der Waals surface area contributed by atoms with Gasteiger partial charge in [0.25, 0.3) is 6.72 Å². The second-order valence-corrected chi connectivity index (χ2v) is 3.14. The molecule has 0 aliphatic heterocycles. The fraction of sp³-hybridized carbons (Fsp3) is 0.300. The van der Waals surface area contributed by atoms with Crippen LogP contribution in [0.2, 0.25) is 0 Å². The SMILES string of the molecule is C=[N+]=Nc1ccc(C(C)C)c(O)c1. The van der Waals surface area contributed by atoms with Gasteiger partial charge in [-0.15, -0.1) is 0 Å². The third kappa shape index (κ3) is 2.17. The molecule has 0 atom stereocenters. The highest BCUT2D eigenvalue weighted by atomic mass is 16.3. The summed E-state index contributed by atoms with van der Waals surface area (Å²) in [5.41, 5.74) is 1.54. The highest BCUT2D eigenvalue weighted by Crippen LogP contribution is 2.28. The van der Waals surface area contributed by atoms with Gasteiger partial charge in [0.2, 0.25) is 0 Å². The van der Waals surface area contributed by atoms with Gasteiger partial charge in [0, 0.05) is 10.9 Å². The number of hydrogen-bond acceptors (Lipinski definition) is 2. The Morgan fingerprint density at radius 1 is 1.46 bits per heavy atom. The Balaban J connectivity index is 3.12. The maximum atomic E-state index is 9.57. The van der Waals surface area contributed by atoms with Crippen LogP contribution in [0.3, 0.4) is 0 Å². The number of phenols is 1. The lowest BCUT2D eigenvalue weighted by Crippen LogP contribution is -1.86. The average Bonchev–Trinajstić information content (AvgIpc) is 2.04. The number of nitrogens with zero attached hydrogens (tertiary/aromatic N) is 2. The summed E-state index contributed by atoms with van der Waals surface area (Å²) >= 11 is 0. The van der Waals surface area contributed by atoms with Gasteiger partial charge in [0.1, 0.15) is 10.9 Å². The van der Waals surface area contributed by atoms with E-state index >= 15 is 0 Å². The van der Waals surface area contributed by atoms with Gasteiger partial charge in [-0.25, -0.2) is 0 Å². The van der Waals surface area contributed by atoms with Gasteiger partial charge in [-0.1, -0.05) is 19.9 Å². The molecule has 3 heteroatoms. The number of rotatable bonds is 2. The number of hydrogen-bond donors (Lipinski definition) is 1. The smallest absolute Gasteiger partial charge is 0.296 e. The van der Waals surface area contributed by atoms with E-state index in [1.807, 2.05) is 26.0 Å². The van der Waals surface area contributed by atoms with E-state index in [1.54, 1.807) is 6.07 Å². The molecule has 0 amide bonds. The summed E-state index contributed by atoms with van der Waals surface area (Å²) in [5.74, 6) is 0.575. The first kappa shape index (κ1) is 9.49. The van der Waals surface area contributed by atoms with E-state index < -0.39 is 0 Å². The Bertz CT molecular complexity index is 352. The van der Waals surface area contributed by atoms with E-state index in [1.165, 1.54) is 0 Å². The minimum Gasteiger partial charge on any atom is -0.508 e. The highest BCUT2D eigenvalue weighted by molar-refractivity contribution is 5.47. The van der Waals surface area contributed by atoms with Gasteiger partial charge in [-0.2, -0.15) is 0 Å². The molecule has 0 bridgehead atoms. The minimum absolute atomic E-state index is 0.264. The zero-order valence-electron chi connectivity index (χ0n) is 7.86. The molecule has 1 N–H and O–H groups in total. The topological polar surface area (TPSA) is 46.7 Å². The molecule has 1 aromatic carbocycles. The second kappa shape index (κ2) is 3.87. The average molecular weight is 177 g/mol. The molecule has 0 saturated heterocycles. The number of phenolic OH excluding ortho intramolecular Hbond substituents is 1. The summed E-state index contributed by atoms with van der Waals surface area (Å²) in [6, 6.07) is 5.25. The Hall–Kier alpha value is -1.60. The summed E-state index contributed by atoms with van der Waals surface area (Å²) in [6.45, 7) is 7.30. The molecule has 3 nitrogen and oxygen atoms in total. The molecule has 0 heterocycles. The molecular weight excluding hydrogens is 164 g/mol. The molecule has 0 unspecified atom stereocenters. The predicted octanol–water partition coefficient (Wildman–Crippen LogP) is 2.51. The summed E-state index contributed by atoms with van der Waals surface area (Å²) in [6.07, 6.45) is 0. The molecule has 68 valence electrons. The monoisotopic (exact) mass is 177 g/mol. The molecular formula is C10H13N2O+. The standard InChI is InChI=1S/C10H12N2O/c1-7(2)9-5-4-8(12-11-3)6-10(9)13/h4-7H,3H2,1-2H3/p+1. The van der Waals surface area contributed by atoms with Crippen molar-refractivity contribution in [2.45, 2.75) is 19.8 Å². The van der Waals surface area contributed by atoms with Crippen molar-refractivity contribution in [1.82, 2.24) is 0 Å². The molecule has 0 fully saturated rings. The number of benzene rings is 1. The van der Waals surface area contributed by atoms with Crippen molar-refractivity contribution in [3.63, 3.8) is 0 Å². The van der Waals surface area contributed by atoms with Gasteiger partial charge in [-0.3, -0.25) is 0 Å². The van der Waals surface area contributed by atoms with Crippen molar-refractivity contribution in [2.75, 3.05) is 0 Å². The van der Waals surface area contributed by atoms with Crippen LogP contribution in [-0.4, -0.2) is 16.6 Å². The Labute approximate surface area is 77.5 Å². The predicted molar refractivity (Wildman–Crippen MR) is 51.7 cm³/mol. The van der Waals surface area contributed by atoms with Crippen LogP contribution in [0.25, 0.3) is 0 Å². The fourth-order valence-electron chi connectivity index (χ4n) is 1.16. The minimum atomic E-state index is 0.264. The Morgan fingerprint density at radius 3 is 2.62 bits per heavy atom. The van der Waals surface area contributed by atoms with E-state index in [0.717, 1.165) is 5.56 Å². The first-order chi connectivity index (χ1) is 6.15. The molecule has 0 spiro atoms. The third-order valence-electron chi connectivity index (χ3n) is 1.82. The molecule has 0 aromatic heterocycles. The largest absolute Gasteiger partial charge is 0.508 e. The molecule has 0 aliphatic rings. The van der Waals surface area contributed by atoms with Crippen molar-refractivity contribution in [3.05, 3.63) is 23.8 Å². The summed E-state index contributed by atoms with van der Waals surface area (Å²) in [5, 5.41) is 13.3. The van der Waals surface area contributed by atoms with Crippen molar-refractivity contribution in [2.24, 2.45) is 5.11 Å². The van der Waals surface area contributed by atoms with Gasteiger partial charge in [0.05, 0.1) is 0 Å². The van der Waals surface area contributed by atoms with E-state index in [2.05, 4.69) is 16.6 Å². The first-order valence-electron chi connectivity index (χ1n) is 4.14. The van der Waals surface area contributed by atoms with Gasteiger partial charge in [0.15, 0.2) is 5.69 Å². The van der Waals surface area contributed by atoms with Crippen LogP contribution in [0.5, 0.6) is 5.75 Å². The van der Waals surface area contributed by atoms with Crippen molar-refractivity contribution in [1.29, 1.82) is 0 Å². The zero-order chi connectivity index (χ0) is 9.84. The summed E-state index contributed by atoms with van der Waals surface area (Å²) in [4.78, 5) is 3.39. The van der Waals surface area contributed by atoms with E-state index in [0.29, 0.717) is 11.6 Å². The molecule has 0 aliphatic carbocycles. The first-order valence-corrected chi connectivity index (χ1v) is 4.14. The molecule has 0 radical (unpaired) electrons. The second-order valence-electron chi connectivity index (χ2n) is 3.14. The maximum absolute atomic E-state index is 9.57. The zero-order valence-corrected chi connectivity index (χ0v) is 7.86. The van der Waals surface area contributed by atoms with Crippen molar-refractivity contribution < 1.29 is 9.90 Å². The maximum Gasteiger partial charge on any atom is 0.296 e. The molecule has 13 heavy (non-hydrogen) atoms. The Kier molecular flexibility index (Phi) is 2.83. The Morgan fingerprint density at radius 2 is 2.15 bits per heavy atom. The van der Waals surface area contributed by atoms with Crippen LogP contribution < -0.4 is 0 Å². The molecule has 0 saturated carbocycles. The van der Waals surface area contributed by atoms with Crippen LogP contribution >= 0.6 is 0 Å². The van der Waals surface area contributed by atoms with Crippen molar-refractivity contribution >= 4 is 12.4 Å². The van der Waals surface area contributed by atoms with Crippen LogP contribution in [0.1, 0.15) is 25.3 Å². The lowest BCUT2D eigenvalue weighted by Gasteiger charge is -2.06. The molecule has 1 aromatic rings. The van der Waals surface area contributed by atoms with E-state index in [4.69, 9.17) is 0 Å².